The third-order valence-electron chi connectivity index (χ3n) is 4.30. The van der Waals surface area contributed by atoms with Gasteiger partial charge >= 0.3 is 0 Å². The van der Waals surface area contributed by atoms with E-state index in [1.54, 1.807) is 17.5 Å². The number of hydrogen-bond donors (Lipinski definition) is 0. The van der Waals surface area contributed by atoms with E-state index in [0.717, 1.165) is 11.3 Å². The van der Waals surface area contributed by atoms with Crippen molar-refractivity contribution in [3.63, 3.8) is 0 Å². The second-order valence-corrected chi connectivity index (χ2v) is 9.10. The normalized spacial score (nSPS) is 12.1. The van der Waals surface area contributed by atoms with Crippen LogP contribution in [0, 0.1) is 0 Å². The van der Waals surface area contributed by atoms with Crippen LogP contribution in [-0.4, -0.2) is 34.5 Å². The Morgan fingerprint density at radius 2 is 1.93 bits per heavy atom. The molecule has 4 aromatic rings. The predicted molar refractivity (Wildman–Crippen MR) is 107 cm³/mol. The molecule has 0 aliphatic rings. The van der Waals surface area contributed by atoms with Gasteiger partial charge in [0, 0.05) is 13.0 Å². The summed E-state index contributed by atoms with van der Waals surface area (Å²) < 4.78 is 30.1. The van der Waals surface area contributed by atoms with E-state index in [1.165, 1.54) is 15.6 Å². The fourth-order valence-electron chi connectivity index (χ4n) is 3.08. The van der Waals surface area contributed by atoms with E-state index in [-0.39, 0.29) is 0 Å². The van der Waals surface area contributed by atoms with Crippen molar-refractivity contribution in [2.24, 2.45) is 0 Å². The Bertz CT molecular complexity index is 1200. The average Bonchev–Trinajstić information content (AvgIpc) is 3.35. The monoisotopic (exact) mass is 401 g/mol. The Hall–Kier alpha value is -2.52. The molecule has 0 bridgehead atoms. The number of sulfonamides is 1. The molecule has 0 aliphatic carbocycles. The summed E-state index contributed by atoms with van der Waals surface area (Å²) in [5.74, 6) is 1.09. The zero-order valence-corrected chi connectivity index (χ0v) is 16.7. The molecule has 4 rings (SSSR count). The van der Waals surface area contributed by atoms with Crippen LogP contribution < -0.4 is 4.31 Å². The first kappa shape index (κ1) is 17.9. The Labute approximate surface area is 161 Å². The zero-order valence-electron chi connectivity index (χ0n) is 15.0. The quantitative estimate of drug-likeness (QED) is 0.494. The Morgan fingerprint density at radius 1 is 1.11 bits per heavy atom. The van der Waals surface area contributed by atoms with Crippen molar-refractivity contribution >= 4 is 43.9 Å². The molecule has 0 atom stereocenters. The fourth-order valence-corrected chi connectivity index (χ4v) is 5.70. The molecule has 140 valence electrons. The van der Waals surface area contributed by atoms with Crippen molar-refractivity contribution in [1.82, 2.24) is 19.6 Å². The summed E-state index contributed by atoms with van der Waals surface area (Å²) in [6.45, 7) is 4.25. The van der Waals surface area contributed by atoms with Gasteiger partial charge in [-0.15, -0.1) is 21.5 Å². The summed E-state index contributed by atoms with van der Waals surface area (Å²) >= 11 is 1.20. The smallest absolute Gasteiger partial charge is 0.274 e. The molecule has 0 fully saturated rings. The molecular formula is C18H19N5O2S2. The lowest BCUT2D eigenvalue weighted by molar-refractivity contribution is 0.591. The highest BCUT2D eigenvalue weighted by molar-refractivity contribution is 7.94. The summed E-state index contributed by atoms with van der Waals surface area (Å²) in [7, 11) is -3.72. The van der Waals surface area contributed by atoms with Crippen LogP contribution in [0.15, 0.2) is 46.0 Å². The number of rotatable bonds is 6. The maximum Gasteiger partial charge on any atom is 0.275 e. The molecule has 3 heterocycles. The molecule has 7 nitrogen and oxygen atoms in total. The van der Waals surface area contributed by atoms with Gasteiger partial charge in [-0.1, -0.05) is 32.0 Å². The molecular weight excluding hydrogens is 382 g/mol. The number of anilines is 1. The van der Waals surface area contributed by atoms with Gasteiger partial charge in [0.25, 0.3) is 10.0 Å². The van der Waals surface area contributed by atoms with E-state index in [0.29, 0.717) is 40.6 Å². The second-order valence-electron chi connectivity index (χ2n) is 6.06. The van der Waals surface area contributed by atoms with Crippen LogP contribution in [0.2, 0.25) is 0 Å². The van der Waals surface area contributed by atoms with Crippen LogP contribution >= 0.6 is 11.3 Å². The summed E-state index contributed by atoms with van der Waals surface area (Å²) in [5, 5.41) is 10.3. The Balaban J connectivity index is 2.04. The summed E-state index contributed by atoms with van der Waals surface area (Å²) in [4.78, 5) is 4.67. The van der Waals surface area contributed by atoms with Crippen LogP contribution in [-0.2, 0) is 16.4 Å². The standard InChI is InChI=1S/C18H19N5O2S2/c1-3-11-22(27(24,25)16-10-7-12-26-16)17-18-21-20-15(4-2)23(18)14-9-6-5-8-13(14)19-17/h5-10,12H,3-4,11H2,1-2H3. The molecule has 1 aromatic carbocycles. The number of aryl methyl sites for hydroxylation is 1. The van der Waals surface area contributed by atoms with Crippen LogP contribution in [0.3, 0.4) is 0 Å². The molecule has 0 unspecified atom stereocenters. The minimum atomic E-state index is -3.72. The van der Waals surface area contributed by atoms with E-state index in [4.69, 9.17) is 0 Å². The first-order valence-corrected chi connectivity index (χ1v) is 11.1. The van der Waals surface area contributed by atoms with Gasteiger partial charge in [0.2, 0.25) is 5.65 Å². The van der Waals surface area contributed by atoms with Crippen molar-refractivity contribution < 1.29 is 8.42 Å². The minimum absolute atomic E-state index is 0.291. The highest BCUT2D eigenvalue weighted by atomic mass is 32.2. The third-order valence-corrected chi connectivity index (χ3v) is 7.46. The van der Waals surface area contributed by atoms with Gasteiger partial charge in [-0.05, 0) is 30.0 Å². The van der Waals surface area contributed by atoms with Crippen molar-refractivity contribution in [1.29, 1.82) is 0 Å². The summed E-state index contributed by atoms with van der Waals surface area (Å²) in [6, 6.07) is 11.0. The number of aromatic nitrogens is 4. The van der Waals surface area contributed by atoms with Crippen molar-refractivity contribution in [2.75, 3.05) is 10.8 Å². The van der Waals surface area contributed by atoms with Crippen molar-refractivity contribution in [3.8, 4) is 0 Å². The maximum absolute atomic E-state index is 13.3. The van der Waals surface area contributed by atoms with Crippen LogP contribution in [0.1, 0.15) is 26.1 Å². The van der Waals surface area contributed by atoms with Gasteiger partial charge in [0.1, 0.15) is 10.0 Å². The van der Waals surface area contributed by atoms with Gasteiger partial charge in [0.15, 0.2) is 5.82 Å². The third kappa shape index (κ3) is 2.87. The number of thiophene rings is 1. The topological polar surface area (TPSA) is 80.5 Å². The second kappa shape index (κ2) is 6.90. The van der Waals surface area contributed by atoms with Gasteiger partial charge in [0.05, 0.1) is 11.0 Å². The fraction of sp³-hybridized carbons (Fsp3) is 0.278. The largest absolute Gasteiger partial charge is 0.275 e. The SMILES string of the molecule is CCCN(c1nc2ccccc2n2c(CC)nnc12)S(=O)(=O)c1cccs1. The minimum Gasteiger partial charge on any atom is -0.274 e. The lowest BCUT2D eigenvalue weighted by Gasteiger charge is -2.23. The number of fused-ring (bicyclic) bond motifs is 3. The van der Waals surface area contributed by atoms with E-state index in [2.05, 4.69) is 15.2 Å². The number of hydrogen-bond acceptors (Lipinski definition) is 6. The lowest BCUT2D eigenvalue weighted by atomic mass is 10.3. The van der Waals surface area contributed by atoms with Gasteiger partial charge in [-0.3, -0.25) is 4.40 Å². The van der Waals surface area contributed by atoms with E-state index in [9.17, 15) is 8.42 Å². The van der Waals surface area contributed by atoms with Crippen LogP contribution in [0.5, 0.6) is 0 Å². The molecule has 0 aliphatic heterocycles. The van der Waals surface area contributed by atoms with Crippen molar-refractivity contribution in [2.45, 2.75) is 30.9 Å². The highest BCUT2D eigenvalue weighted by Crippen LogP contribution is 2.30. The first-order valence-electron chi connectivity index (χ1n) is 8.77. The molecule has 0 amide bonds. The maximum atomic E-state index is 13.3. The van der Waals surface area contributed by atoms with Gasteiger partial charge in [-0.25, -0.2) is 17.7 Å². The molecule has 9 heteroatoms. The van der Waals surface area contributed by atoms with E-state index < -0.39 is 10.0 Å². The molecule has 0 saturated carbocycles. The zero-order chi connectivity index (χ0) is 19.0. The molecule has 27 heavy (non-hydrogen) atoms. The molecule has 0 radical (unpaired) electrons. The number of para-hydroxylation sites is 2. The number of nitrogens with zero attached hydrogens (tertiary/aromatic N) is 5. The van der Waals surface area contributed by atoms with E-state index in [1.807, 2.05) is 42.5 Å². The van der Waals surface area contributed by atoms with Crippen LogP contribution in [0.4, 0.5) is 5.82 Å². The van der Waals surface area contributed by atoms with Crippen molar-refractivity contribution in [3.05, 3.63) is 47.6 Å². The number of benzene rings is 1. The van der Waals surface area contributed by atoms with Gasteiger partial charge in [-0.2, -0.15) is 0 Å². The average molecular weight is 402 g/mol. The first-order chi connectivity index (χ1) is 13.1. The van der Waals surface area contributed by atoms with E-state index >= 15 is 0 Å². The highest BCUT2D eigenvalue weighted by Gasteiger charge is 2.30. The van der Waals surface area contributed by atoms with Crippen LogP contribution in [0.25, 0.3) is 16.7 Å². The molecule has 3 aromatic heterocycles. The van der Waals surface area contributed by atoms with Gasteiger partial charge < -0.3 is 0 Å². The molecule has 0 N–H and O–H groups in total. The Morgan fingerprint density at radius 3 is 2.63 bits per heavy atom. The molecule has 0 saturated heterocycles. The predicted octanol–water partition coefficient (Wildman–Crippen LogP) is 3.51. The Kier molecular flexibility index (Phi) is 4.56. The lowest BCUT2D eigenvalue weighted by Crippen LogP contribution is -2.32. The summed E-state index contributed by atoms with van der Waals surface area (Å²) in [6.07, 6.45) is 1.33. The molecule has 0 spiro atoms. The summed E-state index contributed by atoms with van der Waals surface area (Å²) in [5.41, 5.74) is 2.03.